The van der Waals surface area contributed by atoms with E-state index in [1.54, 1.807) is 49.2 Å². The number of primary amides is 1. The largest absolute Gasteiger partial charge is 0.445 e. The second-order valence-electron chi connectivity index (χ2n) is 18.3. The number of nitrogens with two attached hydrogens (primary N) is 1. The topological polar surface area (TPSA) is 264 Å². The van der Waals surface area contributed by atoms with Gasteiger partial charge >= 0.3 is 12.1 Å². The second kappa shape index (κ2) is 25.6. The van der Waals surface area contributed by atoms with Crippen LogP contribution < -0.4 is 27.0 Å². The number of unbranched alkanes of at least 4 members (excludes halogenated alkanes) is 2. The Morgan fingerprint density at radius 1 is 0.770 bits per heavy atom. The number of nitrogens with zero attached hydrogens (tertiary/aromatic N) is 5. The van der Waals surface area contributed by atoms with Crippen LogP contribution in [0, 0.1) is 12.8 Å². The number of rotatable bonds is 24. The Hall–Kier alpha value is -8.74. The summed E-state index contributed by atoms with van der Waals surface area (Å²) in [6.45, 7) is 6.09. The highest BCUT2D eigenvalue weighted by atomic mass is 16.6. The molecular formula is C55H61N11O8. The Labute approximate surface area is 428 Å². The maximum absolute atomic E-state index is 14.1. The molecule has 2 atom stereocenters. The van der Waals surface area contributed by atoms with E-state index in [1.165, 1.54) is 12.2 Å². The first kappa shape index (κ1) is 53.1. The normalized spacial score (nSPS) is 12.9. The van der Waals surface area contributed by atoms with E-state index >= 15 is 0 Å². The summed E-state index contributed by atoms with van der Waals surface area (Å²) in [5.41, 5.74) is 11.7. The number of imidazole rings is 1. The fraction of sp³-hybridized carbons (Fsp3) is 0.309. The van der Waals surface area contributed by atoms with Crippen molar-refractivity contribution in [3.05, 3.63) is 144 Å². The van der Waals surface area contributed by atoms with Crippen LogP contribution in [-0.4, -0.2) is 96.6 Å². The van der Waals surface area contributed by atoms with E-state index in [0.29, 0.717) is 54.1 Å². The lowest BCUT2D eigenvalue weighted by molar-refractivity contribution is -0.137. The third-order valence-electron chi connectivity index (χ3n) is 12.3. The number of anilines is 1. The number of benzene rings is 3. The van der Waals surface area contributed by atoms with Gasteiger partial charge in [0.2, 0.25) is 17.7 Å². The Morgan fingerprint density at radius 3 is 2.24 bits per heavy atom. The predicted molar refractivity (Wildman–Crippen MR) is 278 cm³/mol. The molecule has 384 valence electrons. The van der Waals surface area contributed by atoms with E-state index in [9.17, 15) is 33.6 Å². The van der Waals surface area contributed by atoms with Crippen LogP contribution in [-0.2, 0) is 48.4 Å². The van der Waals surface area contributed by atoms with Gasteiger partial charge in [0.15, 0.2) is 0 Å². The van der Waals surface area contributed by atoms with Gasteiger partial charge in [-0.25, -0.2) is 14.6 Å². The molecule has 1 aliphatic heterocycles. The predicted octanol–water partition coefficient (Wildman–Crippen LogP) is 6.83. The van der Waals surface area contributed by atoms with Crippen molar-refractivity contribution in [2.24, 2.45) is 11.7 Å². The molecule has 4 heterocycles. The summed E-state index contributed by atoms with van der Waals surface area (Å²) in [6.07, 6.45) is 5.75. The number of hydrogen-bond acceptors (Lipinski definition) is 11. The molecule has 0 bridgehead atoms. The summed E-state index contributed by atoms with van der Waals surface area (Å²) in [5, 5.41) is 11.8. The smallest absolute Gasteiger partial charge is 0.410 e. The van der Waals surface area contributed by atoms with Crippen LogP contribution in [0.1, 0.15) is 75.0 Å². The molecule has 1 aliphatic rings. The van der Waals surface area contributed by atoms with E-state index in [4.69, 9.17) is 20.4 Å². The third kappa shape index (κ3) is 14.7. The lowest BCUT2D eigenvalue weighted by Crippen LogP contribution is -2.54. The van der Waals surface area contributed by atoms with E-state index in [2.05, 4.69) is 31.2 Å². The molecule has 74 heavy (non-hydrogen) atoms. The number of para-hydroxylation sites is 1. The van der Waals surface area contributed by atoms with Crippen LogP contribution in [0.15, 0.2) is 121 Å². The average Bonchev–Trinajstić information content (AvgIpc) is 3.96. The molecule has 8 amide bonds. The molecule has 0 radical (unpaired) electrons. The molecule has 2 unspecified atom stereocenters. The summed E-state index contributed by atoms with van der Waals surface area (Å²) in [7, 11) is 0. The number of ether oxygens (including phenoxy) is 1. The number of amides is 8. The number of H-pyrrole nitrogens is 1. The lowest BCUT2D eigenvalue weighted by atomic mass is 10.0. The molecule has 19 nitrogen and oxygen atoms in total. The van der Waals surface area contributed by atoms with Crippen molar-refractivity contribution < 1.29 is 38.3 Å². The molecule has 7 N–H and O–H groups in total. The molecule has 0 saturated carbocycles. The zero-order valence-corrected chi connectivity index (χ0v) is 41.6. The average molecular weight is 1000 g/mol. The van der Waals surface area contributed by atoms with E-state index < -0.39 is 36.0 Å². The summed E-state index contributed by atoms with van der Waals surface area (Å²) in [4.78, 5) is 110. The molecular weight excluding hydrogens is 943 g/mol. The second-order valence-corrected chi connectivity index (χ2v) is 18.3. The van der Waals surface area contributed by atoms with Crippen molar-refractivity contribution >= 4 is 58.3 Å². The number of carbonyl (C=O) groups is 7. The summed E-state index contributed by atoms with van der Waals surface area (Å²) < 4.78 is 5.91. The maximum Gasteiger partial charge on any atom is 0.410 e. The molecule has 19 heteroatoms. The van der Waals surface area contributed by atoms with Gasteiger partial charge in [0, 0.05) is 66.7 Å². The minimum Gasteiger partial charge on any atom is -0.445 e. The van der Waals surface area contributed by atoms with Gasteiger partial charge in [-0.2, -0.15) is 0 Å². The third-order valence-corrected chi connectivity index (χ3v) is 12.3. The number of carbonyl (C=O) groups excluding carboxylic acids is 7. The molecule has 3 aromatic heterocycles. The Bertz CT molecular complexity index is 2970. The van der Waals surface area contributed by atoms with Gasteiger partial charge in [0.25, 0.3) is 11.8 Å². The Kier molecular flexibility index (Phi) is 18.3. The van der Waals surface area contributed by atoms with Gasteiger partial charge < -0.3 is 36.7 Å². The van der Waals surface area contributed by atoms with Gasteiger partial charge in [-0.15, -0.1) is 0 Å². The Balaban J connectivity index is 0.987. The van der Waals surface area contributed by atoms with Crippen LogP contribution in [0.3, 0.4) is 0 Å². The Morgan fingerprint density at radius 2 is 1.51 bits per heavy atom. The first-order chi connectivity index (χ1) is 35.7. The monoisotopic (exact) mass is 1000 g/mol. The van der Waals surface area contributed by atoms with Crippen LogP contribution in [0.25, 0.3) is 33.5 Å². The van der Waals surface area contributed by atoms with Gasteiger partial charge in [-0.05, 0) is 86.1 Å². The van der Waals surface area contributed by atoms with E-state index in [-0.39, 0.29) is 69.3 Å². The number of nitrogens with one attached hydrogen (secondary N) is 5. The molecule has 0 fully saturated rings. The standard InChI is InChI=1S/C55H61N11O8/c1-35(2)49(64-46(67)21-8-5-11-31-66-47(68)26-27-48(66)69)53(71)61-44(20-13-29-58-54(56)72)52(70)60-39-24-22-38(23-25-39)34-74-55(73)65(32-37-15-6-4-7-16-37)33-45-62-50(51(63-45)43-19-12-14-36(3)59-43)41-28-30-57-42-18-10-9-17-40(41)42/h4,6-7,9-10,12,14-19,22-28,30,35,44,49H,5,8,11,13,20-21,29,31-34H2,1-3H3,(H,60,70)(H,61,71)(H,62,63)(H,64,67)(H3,56,58,72). The fourth-order valence-corrected chi connectivity index (χ4v) is 8.40. The van der Waals surface area contributed by atoms with Crippen molar-refractivity contribution in [3.63, 3.8) is 0 Å². The van der Waals surface area contributed by atoms with E-state index in [1.807, 2.05) is 85.8 Å². The SMILES string of the molecule is Cc1cccc(-c2nc(CN(Cc3ccccc3)C(=O)OCc3ccc(NC(=O)C(CCCNC(N)=O)NC(=O)C(NC(=O)CCCCCN4C(=O)C=CC4=O)C(C)C)cc3)[nH]c2-c2ccnc3ccccc23)n1. The molecule has 0 aliphatic carbocycles. The van der Waals surface area contributed by atoms with Gasteiger partial charge in [0.1, 0.15) is 30.2 Å². The van der Waals surface area contributed by atoms with Crippen LogP contribution in [0.4, 0.5) is 15.3 Å². The number of hydrogen-bond donors (Lipinski definition) is 6. The zero-order valence-electron chi connectivity index (χ0n) is 41.6. The van der Waals surface area contributed by atoms with Crippen molar-refractivity contribution in [1.29, 1.82) is 0 Å². The summed E-state index contributed by atoms with van der Waals surface area (Å²) >= 11 is 0. The number of aryl methyl sites for hydroxylation is 1. The number of aromatic nitrogens is 4. The first-order valence-electron chi connectivity index (χ1n) is 24.6. The van der Waals surface area contributed by atoms with Crippen LogP contribution in [0.5, 0.6) is 0 Å². The summed E-state index contributed by atoms with van der Waals surface area (Å²) in [5.74, 6) is -1.99. The molecule has 0 saturated heterocycles. The minimum absolute atomic E-state index is 0.0776. The molecule has 7 rings (SSSR count). The van der Waals surface area contributed by atoms with Crippen LogP contribution >= 0.6 is 0 Å². The quantitative estimate of drug-likeness (QED) is 0.0270. The van der Waals surface area contributed by atoms with E-state index in [0.717, 1.165) is 38.3 Å². The van der Waals surface area contributed by atoms with Crippen LogP contribution in [0.2, 0.25) is 0 Å². The number of urea groups is 1. The van der Waals surface area contributed by atoms with Crippen molar-refractivity contribution in [1.82, 2.24) is 45.7 Å². The highest BCUT2D eigenvalue weighted by Crippen LogP contribution is 2.34. The highest BCUT2D eigenvalue weighted by Gasteiger charge is 2.30. The maximum atomic E-state index is 14.1. The van der Waals surface area contributed by atoms with Gasteiger partial charge in [-0.3, -0.25) is 43.7 Å². The number of imide groups is 1. The number of fused-ring (bicyclic) bond motifs is 1. The summed E-state index contributed by atoms with van der Waals surface area (Å²) in [6, 6.07) is 29.1. The van der Waals surface area contributed by atoms with Gasteiger partial charge in [0.05, 0.1) is 23.4 Å². The van der Waals surface area contributed by atoms with Gasteiger partial charge in [-0.1, -0.05) is 87.0 Å². The first-order valence-corrected chi connectivity index (χ1v) is 24.6. The fourth-order valence-electron chi connectivity index (χ4n) is 8.40. The van der Waals surface area contributed by atoms with Crippen molar-refractivity contribution in [2.75, 3.05) is 18.4 Å². The zero-order chi connectivity index (χ0) is 52.6. The number of pyridine rings is 2. The number of aromatic amines is 1. The highest BCUT2D eigenvalue weighted by molar-refractivity contribution is 6.12. The molecule has 0 spiro atoms. The minimum atomic E-state index is -1.06. The molecule has 6 aromatic rings. The molecule has 3 aromatic carbocycles. The van der Waals surface area contributed by atoms with Crippen molar-refractivity contribution in [3.8, 4) is 22.6 Å². The lowest BCUT2D eigenvalue weighted by Gasteiger charge is -2.25. The van der Waals surface area contributed by atoms with Crippen molar-refractivity contribution in [2.45, 2.75) is 91.1 Å².